The van der Waals surface area contributed by atoms with Gasteiger partial charge in [0.2, 0.25) is 5.91 Å². The van der Waals surface area contributed by atoms with E-state index in [9.17, 15) is 4.79 Å². The SMILES string of the molecule is COc1ccc(NC(=O)Cn2cc(C(C)N)nn2)cc1Cl. The lowest BCUT2D eigenvalue weighted by molar-refractivity contribution is -0.116. The second kappa shape index (κ2) is 6.55. The Balaban J connectivity index is 1.99. The minimum Gasteiger partial charge on any atom is -0.495 e. The molecule has 1 aromatic heterocycles. The molecular formula is C13H16ClN5O2. The first-order valence-corrected chi connectivity index (χ1v) is 6.66. The summed E-state index contributed by atoms with van der Waals surface area (Å²) in [6, 6.07) is 4.79. The van der Waals surface area contributed by atoms with Gasteiger partial charge in [-0.3, -0.25) is 4.79 Å². The topological polar surface area (TPSA) is 95.1 Å². The van der Waals surface area contributed by atoms with Crippen LogP contribution in [0.4, 0.5) is 5.69 Å². The molecule has 8 heteroatoms. The zero-order valence-corrected chi connectivity index (χ0v) is 12.5. The van der Waals surface area contributed by atoms with E-state index in [0.29, 0.717) is 22.2 Å². The zero-order chi connectivity index (χ0) is 15.4. The van der Waals surface area contributed by atoms with Gasteiger partial charge in [-0.1, -0.05) is 16.8 Å². The lowest BCUT2D eigenvalue weighted by atomic mass is 10.3. The highest BCUT2D eigenvalue weighted by Gasteiger charge is 2.09. The van der Waals surface area contributed by atoms with Crippen molar-refractivity contribution >= 4 is 23.2 Å². The van der Waals surface area contributed by atoms with Crippen molar-refractivity contribution in [2.75, 3.05) is 12.4 Å². The van der Waals surface area contributed by atoms with Gasteiger partial charge >= 0.3 is 0 Å². The van der Waals surface area contributed by atoms with Crippen molar-refractivity contribution < 1.29 is 9.53 Å². The minimum atomic E-state index is -0.239. The molecule has 0 bridgehead atoms. The van der Waals surface area contributed by atoms with Crippen molar-refractivity contribution in [3.8, 4) is 5.75 Å². The van der Waals surface area contributed by atoms with E-state index in [-0.39, 0.29) is 18.5 Å². The van der Waals surface area contributed by atoms with Gasteiger partial charge in [0.05, 0.1) is 24.0 Å². The number of benzene rings is 1. The maximum Gasteiger partial charge on any atom is 0.246 e. The number of hydrogen-bond acceptors (Lipinski definition) is 5. The predicted octanol–water partition coefficient (Wildman–Crippen LogP) is 1.60. The first-order valence-electron chi connectivity index (χ1n) is 6.28. The van der Waals surface area contributed by atoms with Crippen LogP contribution in [0.3, 0.4) is 0 Å². The van der Waals surface area contributed by atoms with Gasteiger partial charge < -0.3 is 15.8 Å². The van der Waals surface area contributed by atoms with Gasteiger partial charge in [0.15, 0.2) is 0 Å². The Morgan fingerprint density at radius 1 is 1.57 bits per heavy atom. The molecule has 1 aromatic carbocycles. The number of carbonyl (C=O) groups is 1. The summed E-state index contributed by atoms with van der Waals surface area (Å²) in [5, 5.41) is 10.9. The van der Waals surface area contributed by atoms with Crippen LogP contribution >= 0.6 is 11.6 Å². The number of carbonyl (C=O) groups excluding carboxylic acids is 1. The summed E-state index contributed by atoms with van der Waals surface area (Å²) >= 11 is 5.99. The first kappa shape index (κ1) is 15.3. The smallest absolute Gasteiger partial charge is 0.246 e. The van der Waals surface area contributed by atoms with Crippen LogP contribution in [-0.4, -0.2) is 28.0 Å². The van der Waals surface area contributed by atoms with E-state index < -0.39 is 0 Å². The van der Waals surface area contributed by atoms with Crippen LogP contribution in [0.25, 0.3) is 0 Å². The van der Waals surface area contributed by atoms with Gasteiger partial charge in [-0.2, -0.15) is 0 Å². The fourth-order valence-corrected chi connectivity index (χ4v) is 1.95. The number of nitrogens with one attached hydrogen (secondary N) is 1. The Morgan fingerprint density at radius 3 is 2.90 bits per heavy atom. The Kier molecular flexibility index (Phi) is 4.77. The molecule has 1 amide bonds. The van der Waals surface area contributed by atoms with Crippen LogP contribution in [0.5, 0.6) is 5.75 Å². The average molecular weight is 310 g/mol. The quantitative estimate of drug-likeness (QED) is 0.874. The van der Waals surface area contributed by atoms with Gasteiger partial charge in [0, 0.05) is 11.7 Å². The first-order chi connectivity index (χ1) is 9.99. The van der Waals surface area contributed by atoms with Crippen molar-refractivity contribution in [3.05, 3.63) is 35.1 Å². The van der Waals surface area contributed by atoms with E-state index in [0.717, 1.165) is 0 Å². The van der Waals surface area contributed by atoms with Crippen molar-refractivity contribution in [2.24, 2.45) is 5.73 Å². The largest absolute Gasteiger partial charge is 0.495 e. The van der Waals surface area contributed by atoms with Crippen LogP contribution in [0.2, 0.25) is 5.02 Å². The summed E-state index contributed by atoms with van der Waals surface area (Å²) in [7, 11) is 1.53. The van der Waals surface area contributed by atoms with Crippen molar-refractivity contribution in [2.45, 2.75) is 19.5 Å². The summed E-state index contributed by atoms with van der Waals surface area (Å²) in [6.45, 7) is 1.84. The standard InChI is InChI=1S/C13H16ClN5O2/c1-8(15)11-6-19(18-17-11)7-13(20)16-9-3-4-12(21-2)10(14)5-9/h3-6,8H,7,15H2,1-2H3,(H,16,20). The molecule has 0 aliphatic carbocycles. The molecule has 0 saturated heterocycles. The third-order valence-electron chi connectivity index (χ3n) is 2.76. The molecule has 0 aliphatic heterocycles. The molecule has 0 spiro atoms. The molecule has 0 radical (unpaired) electrons. The third kappa shape index (κ3) is 3.93. The molecule has 2 aromatic rings. The number of halogens is 1. The minimum absolute atomic E-state index is 0.0450. The molecule has 1 heterocycles. The Hall–Kier alpha value is -2.12. The number of nitrogens with zero attached hydrogens (tertiary/aromatic N) is 3. The molecule has 1 atom stereocenters. The van der Waals surface area contributed by atoms with Gasteiger partial charge in [-0.15, -0.1) is 5.10 Å². The van der Waals surface area contributed by atoms with Crippen LogP contribution in [0.15, 0.2) is 24.4 Å². The molecule has 112 valence electrons. The maximum absolute atomic E-state index is 11.9. The van der Waals surface area contributed by atoms with Crippen LogP contribution in [0.1, 0.15) is 18.7 Å². The summed E-state index contributed by atoms with van der Waals surface area (Å²) in [5.41, 5.74) is 6.90. The summed E-state index contributed by atoms with van der Waals surface area (Å²) in [4.78, 5) is 11.9. The molecular weight excluding hydrogens is 294 g/mol. The van der Waals surface area contributed by atoms with Crippen molar-refractivity contribution in [3.63, 3.8) is 0 Å². The Bertz CT molecular complexity index is 641. The molecule has 0 aliphatic rings. The van der Waals surface area contributed by atoms with Crippen LogP contribution in [0, 0.1) is 0 Å². The second-order valence-electron chi connectivity index (χ2n) is 4.53. The lowest BCUT2D eigenvalue weighted by Crippen LogP contribution is -2.19. The number of anilines is 1. The second-order valence-corrected chi connectivity index (χ2v) is 4.93. The third-order valence-corrected chi connectivity index (χ3v) is 3.06. The summed E-state index contributed by atoms with van der Waals surface area (Å²) in [6.07, 6.45) is 1.64. The molecule has 21 heavy (non-hydrogen) atoms. The van der Waals surface area contributed by atoms with Gasteiger partial charge in [-0.25, -0.2) is 4.68 Å². The number of methoxy groups -OCH3 is 1. The van der Waals surface area contributed by atoms with Crippen LogP contribution in [-0.2, 0) is 11.3 Å². The van der Waals surface area contributed by atoms with E-state index in [2.05, 4.69) is 15.6 Å². The highest BCUT2D eigenvalue weighted by molar-refractivity contribution is 6.32. The molecule has 1 unspecified atom stereocenters. The number of nitrogens with two attached hydrogens (primary N) is 1. The van der Waals surface area contributed by atoms with E-state index in [1.165, 1.54) is 11.8 Å². The number of aromatic nitrogens is 3. The fourth-order valence-electron chi connectivity index (χ4n) is 1.69. The van der Waals surface area contributed by atoms with Crippen molar-refractivity contribution in [1.29, 1.82) is 0 Å². The monoisotopic (exact) mass is 309 g/mol. The van der Waals surface area contributed by atoms with Gasteiger partial charge in [-0.05, 0) is 25.1 Å². The number of ether oxygens (including phenoxy) is 1. The van der Waals surface area contributed by atoms with E-state index in [1.54, 1.807) is 31.3 Å². The lowest BCUT2D eigenvalue weighted by Gasteiger charge is -2.08. The van der Waals surface area contributed by atoms with E-state index in [4.69, 9.17) is 22.1 Å². The predicted molar refractivity (Wildman–Crippen MR) is 79.3 cm³/mol. The van der Waals surface area contributed by atoms with E-state index >= 15 is 0 Å². The van der Waals surface area contributed by atoms with Gasteiger partial charge in [0.25, 0.3) is 0 Å². The normalized spacial score (nSPS) is 12.0. The Morgan fingerprint density at radius 2 is 2.33 bits per heavy atom. The zero-order valence-electron chi connectivity index (χ0n) is 11.7. The molecule has 0 saturated carbocycles. The molecule has 3 N–H and O–H groups in total. The number of hydrogen-bond donors (Lipinski definition) is 2. The van der Waals surface area contributed by atoms with E-state index in [1.807, 2.05) is 0 Å². The summed E-state index contributed by atoms with van der Waals surface area (Å²) in [5.74, 6) is 0.310. The highest BCUT2D eigenvalue weighted by Crippen LogP contribution is 2.27. The number of rotatable bonds is 5. The average Bonchev–Trinajstić information content (AvgIpc) is 2.87. The highest BCUT2D eigenvalue weighted by atomic mass is 35.5. The van der Waals surface area contributed by atoms with Crippen molar-refractivity contribution in [1.82, 2.24) is 15.0 Å². The molecule has 0 fully saturated rings. The Labute approximate surface area is 127 Å². The molecule has 7 nitrogen and oxygen atoms in total. The fraction of sp³-hybridized carbons (Fsp3) is 0.308. The maximum atomic E-state index is 11.9. The van der Waals surface area contributed by atoms with Gasteiger partial charge in [0.1, 0.15) is 12.3 Å². The number of amides is 1. The molecule has 2 rings (SSSR count). The van der Waals surface area contributed by atoms with Crippen LogP contribution < -0.4 is 15.8 Å². The summed E-state index contributed by atoms with van der Waals surface area (Å²) < 4.78 is 6.48.